The predicted molar refractivity (Wildman–Crippen MR) is 289 cm³/mol. The molecule has 3 heterocycles. The average molecular weight is 1160 g/mol. The number of ether oxygens (including phenoxy) is 12. The lowest BCUT2D eigenvalue weighted by Crippen LogP contribution is -2.37. The van der Waals surface area contributed by atoms with Gasteiger partial charge in [-0.2, -0.15) is 8.78 Å². The molecule has 1 aromatic carbocycles. The number of amides is 2. The third-order valence-electron chi connectivity index (χ3n) is 12.8. The van der Waals surface area contributed by atoms with Gasteiger partial charge in [0.25, 0.3) is 0 Å². The van der Waals surface area contributed by atoms with Crippen molar-refractivity contribution in [3.05, 3.63) is 50.7 Å². The molecule has 1 aromatic heterocycles. The molecular formula is C55H83F4N5O15S. The van der Waals surface area contributed by atoms with Gasteiger partial charge >= 0.3 is 12.1 Å². The van der Waals surface area contributed by atoms with Gasteiger partial charge in [-0.15, -0.1) is 11.3 Å². The van der Waals surface area contributed by atoms with Crippen LogP contribution in [0.1, 0.15) is 74.5 Å². The van der Waals surface area contributed by atoms with Crippen molar-refractivity contribution < 1.29 is 88.8 Å². The van der Waals surface area contributed by atoms with Crippen molar-refractivity contribution >= 4 is 46.9 Å². The van der Waals surface area contributed by atoms with E-state index >= 15 is 0 Å². The zero-order valence-corrected chi connectivity index (χ0v) is 47.1. The third-order valence-corrected chi connectivity index (χ3v) is 13.9. The van der Waals surface area contributed by atoms with Gasteiger partial charge < -0.3 is 77.7 Å². The highest BCUT2D eigenvalue weighted by Gasteiger charge is 2.26. The first-order valence-corrected chi connectivity index (χ1v) is 28.8. The predicted octanol–water partition coefficient (Wildman–Crippen LogP) is 6.40. The minimum Gasteiger partial charge on any atom is -0.446 e. The molecule has 1 saturated carbocycles. The number of aliphatic imine (C=N–C) groups is 1. The zero-order chi connectivity index (χ0) is 57.0. The van der Waals surface area contributed by atoms with E-state index in [-0.39, 0.29) is 44.0 Å². The number of carbonyl (C=O) groups is 3. The van der Waals surface area contributed by atoms with Gasteiger partial charge in [-0.05, 0) is 82.5 Å². The fourth-order valence-corrected chi connectivity index (χ4v) is 9.52. The number of nitrogens with two attached hydrogens (primary N) is 1. The smallest absolute Gasteiger partial charge is 0.407 e. The third kappa shape index (κ3) is 26.7. The van der Waals surface area contributed by atoms with E-state index in [0.717, 1.165) is 75.1 Å². The van der Waals surface area contributed by atoms with Gasteiger partial charge in [-0.25, -0.2) is 18.6 Å². The molecule has 1 saturated heterocycles. The van der Waals surface area contributed by atoms with Crippen molar-refractivity contribution in [2.24, 2.45) is 16.6 Å². The molecule has 20 nitrogen and oxygen atoms in total. The highest BCUT2D eigenvalue weighted by Crippen LogP contribution is 2.37. The number of piperidine rings is 1. The highest BCUT2D eigenvalue weighted by atomic mass is 32.1. The number of likely N-dealkylation sites (tertiary alicyclic amines) is 1. The maximum atomic E-state index is 13.8. The van der Waals surface area contributed by atoms with Crippen molar-refractivity contribution in [1.82, 2.24) is 15.1 Å². The van der Waals surface area contributed by atoms with Crippen molar-refractivity contribution in [2.45, 2.75) is 77.2 Å². The Bertz CT molecular complexity index is 2140. The molecule has 0 spiro atoms. The second kappa shape index (κ2) is 39.9. The Balaban J connectivity index is 0.734. The molecule has 2 fully saturated rings. The SMILES string of the molecule is CCCN(CCCNC(=O)OC1CCC1)C(=O)C1=Cc2sc(CC3CCN(CCOCCOCCOCCOCCOCCOCCOCCOCCOCCOCCC(=O)Oc4c(F)c(F)cc(F)c4F)CC3)cc2N=C(N)C1. The van der Waals surface area contributed by atoms with Crippen LogP contribution >= 0.6 is 11.3 Å². The number of fused-ring (bicyclic) bond motifs is 1. The first-order valence-electron chi connectivity index (χ1n) is 27.9. The summed E-state index contributed by atoms with van der Waals surface area (Å²) in [6, 6.07) is 2.16. The van der Waals surface area contributed by atoms with E-state index in [1.807, 2.05) is 11.0 Å². The normalized spacial score (nSPS) is 15.0. The lowest BCUT2D eigenvalue weighted by molar-refractivity contribution is -0.136. The topological polar surface area (TPSA) is 219 Å². The molecule has 3 aliphatic rings. The Kier molecular flexibility index (Phi) is 33.2. The minimum atomic E-state index is -1.80. The number of nitrogens with one attached hydrogen (secondary N) is 1. The van der Waals surface area contributed by atoms with Gasteiger partial charge in [0, 0.05) is 49.1 Å². The lowest BCUT2D eigenvalue weighted by Gasteiger charge is -2.31. The number of esters is 1. The fraction of sp³-hybridized carbons (Fsp3) is 0.709. The fourth-order valence-electron chi connectivity index (χ4n) is 8.34. The molecule has 452 valence electrons. The summed E-state index contributed by atoms with van der Waals surface area (Å²) in [6.07, 6.45) is 9.17. The van der Waals surface area contributed by atoms with E-state index in [2.05, 4.69) is 27.9 Å². The summed E-state index contributed by atoms with van der Waals surface area (Å²) in [4.78, 5) is 48.8. The summed E-state index contributed by atoms with van der Waals surface area (Å²) >= 11 is 1.70. The molecule has 2 amide bonds. The Labute approximate surface area is 471 Å². The molecule has 2 aliphatic heterocycles. The largest absolute Gasteiger partial charge is 0.446 e. The zero-order valence-electron chi connectivity index (χ0n) is 46.3. The standard InChI is InChI=1S/C55H83F4N5O15S/c1-2-11-64(12-4-10-61-55(67)78-43-5-3-6-43)54(66)42-37-48-47(62-49(60)38-42)39-44(80-48)36-41-7-13-63(14-8-41)15-17-69-19-21-71-23-25-73-27-29-75-31-33-77-35-34-76-32-30-74-28-26-72-24-22-70-20-18-68-16-9-50(65)79-53-51(58)45(56)40-46(57)52(53)59/h37,39-41,43H,2-36,38H2,1H3,(H2,60,62)(H,61,67). The summed E-state index contributed by atoms with van der Waals surface area (Å²) < 4.78 is 118. The molecule has 0 unspecified atom stereocenters. The van der Waals surface area contributed by atoms with E-state index in [4.69, 9.17) is 62.8 Å². The number of hydrogen-bond donors (Lipinski definition) is 2. The molecule has 2 aromatic rings. The summed E-state index contributed by atoms with van der Waals surface area (Å²) in [6.45, 7) is 14.3. The molecule has 0 radical (unpaired) electrons. The summed E-state index contributed by atoms with van der Waals surface area (Å²) in [5.74, 6) is -8.53. The van der Waals surface area contributed by atoms with Gasteiger partial charge in [0.1, 0.15) is 11.9 Å². The molecule has 5 rings (SSSR count). The van der Waals surface area contributed by atoms with Crippen molar-refractivity contribution in [3.8, 4) is 5.75 Å². The average Bonchev–Trinajstić information content (AvgIpc) is 3.75. The molecule has 80 heavy (non-hydrogen) atoms. The van der Waals surface area contributed by atoms with Crippen LogP contribution in [0.5, 0.6) is 5.75 Å². The number of nitrogens with zero attached hydrogens (tertiary/aromatic N) is 3. The van der Waals surface area contributed by atoms with Gasteiger partial charge in [-0.1, -0.05) is 6.92 Å². The molecule has 25 heteroatoms. The summed E-state index contributed by atoms with van der Waals surface area (Å²) in [5, 5.41) is 2.82. The maximum absolute atomic E-state index is 13.8. The number of carbonyl (C=O) groups excluding carboxylic acids is 3. The van der Waals surface area contributed by atoms with E-state index in [0.29, 0.717) is 162 Å². The van der Waals surface area contributed by atoms with Crippen LogP contribution in [0.4, 0.5) is 28.0 Å². The van der Waals surface area contributed by atoms with Crippen LogP contribution in [-0.4, -0.2) is 211 Å². The molecular weight excluding hydrogens is 1080 g/mol. The van der Waals surface area contributed by atoms with Crippen LogP contribution in [-0.2, 0) is 68.1 Å². The second-order valence-corrected chi connectivity index (χ2v) is 20.2. The first-order chi connectivity index (χ1) is 39.0. The van der Waals surface area contributed by atoms with Crippen LogP contribution in [0.2, 0.25) is 0 Å². The van der Waals surface area contributed by atoms with Crippen molar-refractivity contribution in [1.29, 1.82) is 0 Å². The molecule has 1 aliphatic carbocycles. The molecule has 0 bridgehead atoms. The quantitative estimate of drug-likeness (QED) is 0.0241. The monoisotopic (exact) mass is 1160 g/mol. The van der Waals surface area contributed by atoms with Crippen LogP contribution in [0.25, 0.3) is 6.08 Å². The summed E-state index contributed by atoms with van der Waals surface area (Å²) in [7, 11) is 0. The molecule has 0 atom stereocenters. The number of rotatable bonds is 44. The number of benzene rings is 1. The van der Waals surface area contributed by atoms with E-state index < -0.39 is 41.4 Å². The van der Waals surface area contributed by atoms with Gasteiger partial charge in [-0.3, -0.25) is 9.59 Å². The Morgan fingerprint density at radius 2 is 1.19 bits per heavy atom. The van der Waals surface area contributed by atoms with Gasteiger partial charge in [0.2, 0.25) is 23.3 Å². The Morgan fingerprint density at radius 1 is 0.688 bits per heavy atom. The Hall–Kier alpha value is -4.38. The van der Waals surface area contributed by atoms with Crippen LogP contribution in [0, 0.1) is 29.2 Å². The Morgan fingerprint density at radius 3 is 1.68 bits per heavy atom. The highest BCUT2D eigenvalue weighted by molar-refractivity contribution is 7.13. The second-order valence-electron chi connectivity index (χ2n) is 19.1. The van der Waals surface area contributed by atoms with Crippen LogP contribution < -0.4 is 15.8 Å². The summed E-state index contributed by atoms with van der Waals surface area (Å²) in [5.41, 5.74) is 7.84. The minimum absolute atomic E-state index is 0.0185. The number of halogens is 4. The van der Waals surface area contributed by atoms with Gasteiger partial charge in [0.15, 0.2) is 11.6 Å². The van der Waals surface area contributed by atoms with Crippen molar-refractivity contribution in [2.75, 3.05) is 171 Å². The number of hydrogen-bond acceptors (Lipinski definition) is 19. The van der Waals surface area contributed by atoms with E-state index in [1.54, 1.807) is 11.3 Å². The van der Waals surface area contributed by atoms with Crippen LogP contribution in [0.15, 0.2) is 22.7 Å². The van der Waals surface area contributed by atoms with E-state index in [1.165, 1.54) is 4.88 Å². The maximum Gasteiger partial charge on any atom is 0.407 e. The lowest BCUT2D eigenvalue weighted by atomic mass is 9.93. The first kappa shape index (κ1) is 66.4. The number of thiophene rings is 1. The van der Waals surface area contributed by atoms with Gasteiger partial charge in [0.05, 0.1) is 149 Å². The number of amidine groups is 1. The number of alkyl carbamates (subject to hydrolysis) is 1. The van der Waals surface area contributed by atoms with Crippen LogP contribution in [0.3, 0.4) is 0 Å². The van der Waals surface area contributed by atoms with E-state index in [9.17, 15) is 31.9 Å². The molecule has 3 N–H and O–H groups in total. The van der Waals surface area contributed by atoms with Crippen molar-refractivity contribution in [3.63, 3.8) is 0 Å².